The van der Waals surface area contributed by atoms with Crippen molar-refractivity contribution in [1.29, 1.82) is 0 Å². The van der Waals surface area contributed by atoms with Crippen LogP contribution in [0.1, 0.15) is 26.6 Å². The standard InChI is InChI=1S/C13H14N6O/c1-13(2,3)12-15-11(20-16-12)9-6-4-5-7-10(9)19-8-14-17-18-19/h4-8H,1-3H3. The molecule has 0 unspecified atom stereocenters. The van der Waals surface area contributed by atoms with Gasteiger partial charge >= 0.3 is 0 Å². The summed E-state index contributed by atoms with van der Waals surface area (Å²) in [4.78, 5) is 4.46. The van der Waals surface area contributed by atoms with Crippen molar-refractivity contribution >= 4 is 0 Å². The van der Waals surface area contributed by atoms with Crippen molar-refractivity contribution in [3.05, 3.63) is 36.4 Å². The van der Waals surface area contributed by atoms with E-state index in [1.165, 1.54) is 6.33 Å². The van der Waals surface area contributed by atoms with Gasteiger partial charge < -0.3 is 4.52 Å². The first-order valence-electron chi connectivity index (χ1n) is 6.22. The quantitative estimate of drug-likeness (QED) is 0.708. The maximum absolute atomic E-state index is 5.37. The number of hydrogen-bond acceptors (Lipinski definition) is 6. The summed E-state index contributed by atoms with van der Waals surface area (Å²) in [5.74, 6) is 1.13. The van der Waals surface area contributed by atoms with Gasteiger partial charge in [0, 0.05) is 5.41 Å². The summed E-state index contributed by atoms with van der Waals surface area (Å²) >= 11 is 0. The Bertz CT molecular complexity index is 711. The first-order valence-corrected chi connectivity index (χ1v) is 6.22. The zero-order valence-corrected chi connectivity index (χ0v) is 11.5. The lowest BCUT2D eigenvalue weighted by Crippen LogP contribution is -2.13. The molecule has 0 atom stereocenters. The normalized spacial score (nSPS) is 11.8. The topological polar surface area (TPSA) is 82.5 Å². The molecule has 7 heteroatoms. The molecular formula is C13H14N6O. The fourth-order valence-corrected chi connectivity index (χ4v) is 1.76. The minimum absolute atomic E-state index is 0.161. The average molecular weight is 270 g/mol. The van der Waals surface area contributed by atoms with E-state index in [1.807, 2.05) is 45.0 Å². The van der Waals surface area contributed by atoms with Crippen LogP contribution >= 0.6 is 0 Å². The number of aromatic nitrogens is 6. The Kier molecular flexibility index (Phi) is 2.81. The van der Waals surface area contributed by atoms with Crippen LogP contribution in [-0.4, -0.2) is 30.3 Å². The molecular weight excluding hydrogens is 256 g/mol. The van der Waals surface area contributed by atoms with E-state index >= 15 is 0 Å². The summed E-state index contributed by atoms with van der Waals surface area (Å²) in [6.45, 7) is 6.11. The summed E-state index contributed by atoms with van der Waals surface area (Å²) in [5, 5.41) is 15.2. The molecule has 0 radical (unpaired) electrons. The van der Waals surface area contributed by atoms with E-state index in [1.54, 1.807) is 4.68 Å². The SMILES string of the molecule is CC(C)(C)c1noc(-c2ccccc2-n2cnnn2)n1. The van der Waals surface area contributed by atoms with E-state index in [2.05, 4.69) is 25.7 Å². The predicted molar refractivity (Wildman–Crippen MR) is 71.1 cm³/mol. The van der Waals surface area contributed by atoms with E-state index in [4.69, 9.17) is 4.52 Å². The van der Waals surface area contributed by atoms with Gasteiger partial charge in [-0.1, -0.05) is 38.1 Å². The van der Waals surface area contributed by atoms with Crippen LogP contribution in [0, 0.1) is 0 Å². The Balaban J connectivity index is 2.09. The Hall–Kier alpha value is -2.57. The number of rotatable bonds is 2. The molecule has 0 saturated carbocycles. The fraction of sp³-hybridized carbons (Fsp3) is 0.308. The van der Waals surface area contributed by atoms with Crippen LogP contribution in [0.25, 0.3) is 17.1 Å². The highest BCUT2D eigenvalue weighted by Crippen LogP contribution is 2.27. The van der Waals surface area contributed by atoms with Gasteiger partial charge in [0.1, 0.15) is 6.33 Å². The lowest BCUT2D eigenvalue weighted by atomic mass is 9.96. The number of benzene rings is 1. The molecule has 0 amide bonds. The van der Waals surface area contributed by atoms with E-state index in [-0.39, 0.29) is 5.41 Å². The zero-order chi connectivity index (χ0) is 14.2. The molecule has 3 rings (SSSR count). The van der Waals surface area contributed by atoms with Gasteiger partial charge in [-0.2, -0.15) is 9.67 Å². The highest BCUT2D eigenvalue weighted by atomic mass is 16.5. The molecule has 0 aliphatic heterocycles. The van der Waals surface area contributed by atoms with Crippen LogP contribution in [0.15, 0.2) is 35.1 Å². The summed E-state index contributed by atoms with van der Waals surface area (Å²) in [5.41, 5.74) is 1.43. The van der Waals surface area contributed by atoms with Crippen molar-refractivity contribution in [3.8, 4) is 17.1 Å². The lowest BCUT2D eigenvalue weighted by molar-refractivity contribution is 0.402. The average Bonchev–Trinajstić information content (AvgIpc) is 3.10. The third-order valence-corrected chi connectivity index (χ3v) is 2.83. The molecule has 0 bridgehead atoms. The first-order chi connectivity index (χ1) is 9.55. The van der Waals surface area contributed by atoms with Crippen LogP contribution in [0.3, 0.4) is 0 Å². The van der Waals surface area contributed by atoms with Crippen molar-refractivity contribution in [1.82, 2.24) is 30.3 Å². The van der Waals surface area contributed by atoms with Gasteiger partial charge in [0.15, 0.2) is 5.82 Å². The van der Waals surface area contributed by atoms with Gasteiger partial charge in [0.25, 0.3) is 5.89 Å². The lowest BCUT2D eigenvalue weighted by Gasteiger charge is -2.11. The Morgan fingerprint density at radius 2 is 1.95 bits per heavy atom. The van der Waals surface area contributed by atoms with Gasteiger partial charge in [-0.25, -0.2) is 0 Å². The van der Waals surface area contributed by atoms with E-state index in [0.717, 1.165) is 11.3 Å². The second-order valence-electron chi connectivity index (χ2n) is 5.44. The van der Waals surface area contributed by atoms with Gasteiger partial charge in [0.2, 0.25) is 0 Å². The van der Waals surface area contributed by atoms with E-state index in [9.17, 15) is 0 Å². The van der Waals surface area contributed by atoms with Gasteiger partial charge in [-0.15, -0.1) is 5.10 Å². The molecule has 2 heterocycles. The number of para-hydroxylation sites is 1. The molecule has 2 aromatic heterocycles. The monoisotopic (exact) mass is 270 g/mol. The third-order valence-electron chi connectivity index (χ3n) is 2.83. The molecule has 1 aromatic carbocycles. The summed E-state index contributed by atoms with van der Waals surface area (Å²) < 4.78 is 6.94. The van der Waals surface area contributed by atoms with Gasteiger partial charge in [0.05, 0.1) is 11.3 Å². The van der Waals surface area contributed by atoms with Gasteiger partial charge in [-0.05, 0) is 22.6 Å². The maximum Gasteiger partial charge on any atom is 0.260 e. The number of nitrogens with zero attached hydrogens (tertiary/aromatic N) is 6. The summed E-state index contributed by atoms with van der Waals surface area (Å²) in [7, 11) is 0. The smallest absolute Gasteiger partial charge is 0.260 e. The van der Waals surface area contributed by atoms with Crippen molar-refractivity contribution in [2.45, 2.75) is 26.2 Å². The molecule has 0 spiro atoms. The molecule has 20 heavy (non-hydrogen) atoms. The third kappa shape index (κ3) is 2.18. The Labute approximate surface area is 115 Å². The molecule has 0 fully saturated rings. The van der Waals surface area contributed by atoms with E-state index in [0.29, 0.717) is 11.7 Å². The highest BCUT2D eigenvalue weighted by Gasteiger charge is 2.22. The molecule has 0 aliphatic rings. The molecule has 0 N–H and O–H groups in total. The number of tetrazole rings is 1. The minimum atomic E-state index is -0.161. The minimum Gasteiger partial charge on any atom is -0.334 e. The zero-order valence-electron chi connectivity index (χ0n) is 11.5. The van der Waals surface area contributed by atoms with E-state index < -0.39 is 0 Å². The molecule has 0 aliphatic carbocycles. The molecule has 7 nitrogen and oxygen atoms in total. The molecule has 0 saturated heterocycles. The first kappa shape index (κ1) is 12.5. The Morgan fingerprint density at radius 3 is 2.60 bits per heavy atom. The van der Waals surface area contributed by atoms with Crippen molar-refractivity contribution in [2.24, 2.45) is 0 Å². The maximum atomic E-state index is 5.37. The van der Waals surface area contributed by atoms with Crippen molar-refractivity contribution in [3.63, 3.8) is 0 Å². The summed E-state index contributed by atoms with van der Waals surface area (Å²) in [6, 6.07) is 7.61. The van der Waals surface area contributed by atoms with Crippen LogP contribution in [0.5, 0.6) is 0 Å². The Morgan fingerprint density at radius 1 is 1.15 bits per heavy atom. The largest absolute Gasteiger partial charge is 0.334 e. The second kappa shape index (κ2) is 4.52. The summed E-state index contributed by atoms with van der Waals surface area (Å²) in [6.07, 6.45) is 1.53. The van der Waals surface area contributed by atoms with Gasteiger partial charge in [-0.3, -0.25) is 0 Å². The van der Waals surface area contributed by atoms with Crippen LogP contribution in [-0.2, 0) is 5.41 Å². The second-order valence-corrected chi connectivity index (χ2v) is 5.44. The fourth-order valence-electron chi connectivity index (χ4n) is 1.76. The highest BCUT2D eigenvalue weighted by molar-refractivity contribution is 5.65. The van der Waals surface area contributed by atoms with Crippen LogP contribution in [0.4, 0.5) is 0 Å². The van der Waals surface area contributed by atoms with Crippen molar-refractivity contribution < 1.29 is 4.52 Å². The number of hydrogen-bond donors (Lipinski definition) is 0. The molecule has 102 valence electrons. The predicted octanol–water partition coefficient (Wildman–Crippen LogP) is 2.01. The van der Waals surface area contributed by atoms with Crippen molar-refractivity contribution in [2.75, 3.05) is 0 Å². The molecule has 3 aromatic rings. The van der Waals surface area contributed by atoms with Crippen LogP contribution in [0.2, 0.25) is 0 Å². The van der Waals surface area contributed by atoms with Crippen LogP contribution < -0.4 is 0 Å².